The molecule has 0 aliphatic carbocycles. The van der Waals surface area contributed by atoms with Crippen LogP contribution >= 0.6 is 12.2 Å². The van der Waals surface area contributed by atoms with E-state index in [1.54, 1.807) is 18.6 Å². The fourth-order valence-corrected chi connectivity index (χ4v) is 2.41. The highest BCUT2D eigenvalue weighted by atomic mass is 32.1. The Morgan fingerprint density at radius 3 is 2.65 bits per heavy atom. The highest BCUT2D eigenvalue weighted by Crippen LogP contribution is 2.11. The van der Waals surface area contributed by atoms with Crippen LogP contribution in [0.4, 0.5) is 5.69 Å². The molecule has 0 amide bonds. The molecule has 2 heterocycles. The molecule has 1 aromatic carbocycles. The summed E-state index contributed by atoms with van der Waals surface area (Å²) in [4.78, 5) is 8.27. The monoisotopic (exact) mass is 323 g/mol. The SMILES string of the molecule is Cc1nccn1-c1ccc(CNC(=S)Nc2cccnc2)cc1. The minimum absolute atomic E-state index is 0.576. The molecule has 0 unspecified atom stereocenters. The molecule has 0 spiro atoms. The summed E-state index contributed by atoms with van der Waals surface area (Å²) in [6.07, 6.45) is 7.21. The van der Waals surface area contributed by atoms with Gasteiger partial charge in [0.25, 0.3) is 0 Å². The molecule has 0 saturated heterocycles. The lowest BCUT2D eigenvalue weighted by molar-refractivity contribution is 0.919. The zero-order valence-corrected chi connectivity index (χ0v) is 13.5. The second-order valence-electron chi connectivity index (χ2n) is 5.06. The molecule has 0 radical (unpaired) electrons. The van der Waals surface area contributed by atoms with E-state index >= 15 is 0 Å². The molecule has 0 saturated carbocycles. The Labute approximate surface area is 140 Å². The Hall–Kier alpha value is -2.73. The number of aromatic nitrogens is 3. The summed E-state index contributed by atoms with van der Waals surface area (Å²) in [7, 11) is 0. The molecule has 3 aromatic rings. The highest BCUT2D eigenvalue weighted by molar-refractivity contribution is 7.80. The van der Waals surface area contributed by atoms with E-state index in [2.05, 4.69) is 44.9 Å². The number of imidazole rings is 1. The van der Waals surface area contributed by atoms with Crippen LogP contribution < -0.4 is 10.6 Å². The fraction of sp³-hybridized carbons (Fsp3) is 0.118. The third-order valence-electron chi connectivity index (χ3n) is 3.41. The van der Waals surface area contributed by atoms with Crippen LogP contribution in [0.3, 0.4) is 0 Å². The summed E-state index contributed by atoms with van der Waals surface area (Å²) in [6.45, 7) is 2.65. The van der Waals surface area contributed by atoms with Gasteiger partial charge in [-0.3, -0.25) is 4.98 Å². The predicted octanol–water partition coefficient (Wildman–Crippen LogP) is 3.06. The number of hydrogen-bond donors (Lipinski definition) is 2. The quantitative estimate of drug-likeness (QED) is 0.723. The van der Waals surface area contributed by atoms with E-state index < -0.39 is 0 Å². The van der Waals surface area contributed by atoms with Crippen molar-refractivity contribution in [3.05, 3.63) is 72.6 Å². The number of hydrogen-bond acceptors (Lipinski definition) is 3. The van der Waals surface area contributed by atoms with Crippen molar-refractivity contribution >= 4 is 23.0 Å². The van der Waals surface area contributed by atoms with Gasteiger partial charge in [-0.05, 0) is 49.0 Å². The number of rotatable bonds is 4. The van der Waals surface area contributed by atoms with Crippen LogP contribution in [-0.2, 0) is 6.54 Å². The molecule has 0 bridgehead atoms. The van der Waals surface area contributed by atoms with Gasteiger partial charge in [0.15, 0.2) is 5.11 Å². The first-order chi connectivity index (χ1) is 11.2. The van der Waals surface area contributed by atoms with E-state index in [4.69, 9.17) is 12.2 Å². The van der Waals surface area contributed by atoms with Crippen LogP contribution in [0.25, 0.3) is 5.69 Å². The largest absolute Gasteiger partial charge is 0.358 e. The van der Waals surface area contributed by atoms with Gasteiger partial charge in [-0.1, -0.05) is 12.1 Å². The van der Waals surface area contributed by atoms with Crippen LogP contribution in [-0.4, -0.2) is 19.6 Å². The molecule has 3 rings (SSSR count). The van der Waals surface area contributed by atoms with Crippen molar-refractivity contribution in [1.82, 2.24) is 19.9 Å². The lowest BCUT2D eigenvalue weighted by Gasteiger charge is -2.11. The van der Waals surface area contributed by atoms with Crippen LogP contribution in [0.15, 0.2) is 61.2 Å². The number of nitrogens with zero attached hydrogens (tertiary/aromatic N) is 3. The maximum Gasteiger partial charge on any atom is 0.171 e. The van der Waals surface area contributed by atoms with Crippen molar-refractivity contribution in [1.29, 1.82) is 0 Å². The van der Waals surface area contributed by atoms with E-state index in [9.17, 15) is 0 Å². The highest BCUT2D eigenvalue weighted by Gasteiger charge is 2.01. The van der Waals surface area contributed by atoms with E-state index in [1.165, 1.54) is 0 Å². The molecule has 5 nitrogen and oxygen atoms in total. The topological polar surface area (TPSA) is 54.8 Å². The third-order valence-corrected chi connectivity index (χ3v) is 3.66. The van der Waals surface area contributed by atoms with Gasteiger partial charge in [-0.25, -0.2) is 4.98 Å². The zero-order chi connectivity index (χ0) is 16.1. The normalized spacial score (nSPS) is 10.3. The van der Waals surface area contributed by atoms with Gasteiger partial charge in [-0.15, -0.1) is 0 Å². The Morgan fingerprint density at radius 2 is 2.00 bits per heavy atom. The summed E-state index contributed by atoms with van der Waals surface area (Å²) in [5.41, 5.74) is 3.12. The van der Waals surface area contributed by atoms with Crippen LogP contribution in [0.5, 0.6) is 0 Å². The molecule has 2 N–H and O–H groups in total. The number of anilines is 1. The first-order valence-electron chi connectivity index (χ1n) is 7.26. The molecular formula is C17H17N5S. The number of pyridine rings is 1. The van der Waals surface area contributed by atoms with Gasteiger partial charge in [0.1, 0.15) is 5.82 Å². The summed E-state index contributed by atoms with van der Waals surface area (Å²) >= 11 is 5.28. The first-order valence-corrected chi connectivity index (χ1v) is 7.67. The summed E-state index contributed by atoms with van der Waals surface area (Å²) in [6, 6.07) is 12.1. The third kappa shape index (κ3) is 3.92. The molecule has 0 aliphatic rings. The second kappa shape index (κ2) is 7.02. The van der Waals surface area contributed by atoms with E-state index in [0.29, 0.717) is 11.7 Å². The van der Waals surface area contributed by atoms with Crippen LogP contribution in [0, 0.1) is 6.92 Å². The average Bonchev–Trinajstić information content (AvgIpc) is 3.00. The minimum atomic E-state index is 0.576. The molecular weight excluding hydrogens is 306 g/mol. The lowest BCUT2D eigenvalue weighted by Crippen LogP contribution is -2.27. The van der Waals surface area contributed by atoms with Gasteiger partial charge in [0.2, 0.25) is 0 Å². The maximum absolute atomic E-state index is 5.28. The first kappa shape index (κ1) is 15.2. The van der Waals surface area contributed by atoms with Gasteiger partial charge >= 0.3 is 0 Å². The van der Waals surface area contributed by atoms with Gasteiger partial charge in [0, 0.05) is 30.8 Å². The number of aryl methyl sites for hydroxylation is 1. The van der Waals surface area contributed by atoms with Gasteiger partial charge in [-0.2, -0.15) is 0 Å². The summed E-state index contributed by atoms with van der Waals surface area (Å²) in [5.74, 6) is 0.970. The van der Waals surface area contributed by atoms with Gasteiger partial charge in [0.05, 0.1) is 11.9 Å². The molecule has 2 aromatic heterocycles. The Kier molecular flexibility index (Phi) is 4.63. The summed E-state index contributed by atoms with van der Waals surface area (Å²) < 4.78 is 2.05. The second-order valence-corrected chi connectivity index (χ2v) is 5.47. The lowest BCUT2D eigenvalue weighted by atomic mass is 10.2. The van der Waals surface area contributed by atoms with E-state index in [0.717, 1.165) is 22.8 Å². The van der Waals surface area contributed by atoms with Crippen molar-refractivity contribution in [2.24, 2.45) is 0 Å². The number of nitrogens with one attached hydrogen (secondary N) is 2. The van der Waals surface area contributed by atoms with Crippen molar-refractivity contribution in [2.45, 2.75) is 13.5 Å². The molecule has 6 heteroatoms. The van der Waals surface area contributed by atoms with Crippen molar-refractivity contribution in [2.75, 3.05) is 5.32 Å². The van der Waals surface area contributed by atoms with Crippen LogP contribution in [0.1, 0.15) is 11.4 Å². The van der Waals surface area contributed by atoms with E-state index in [1.807, 2.05) is 29.8 Å². The molecule has 0 fully saturated rings. The van der Waals surface area contributed by atoms with Gasteiger partial charge < -0.3 is 15.2 Å². The van der Waals surface area contributed by atoms with Crippen molar-refractivity contribution in [3.63, 3.8) is 0 Å². The minimum Gasteiger partial charge on any atom is -0.358 e. The maximum atomic E-state index is 5.28. The Balaban J connectivity index is 1.56. The molecule has 0 aliphatic heterocycles. The molecule has 0 atom stereocenters. The summed E-state index contributed by atoms with van der Waals surface area (Å²) in [5, 5.41) is 6.86. The molecule has 116 valence electrons. The Morgan fingerprint density at radius 1 is 1.17 bits per heavy atom. The smallest absolute Gasteiger partial charge is 0.171 e. The molecule has 23 heavy (non-hydrogen) atoms. The zero-order valence-electron chi connectivity index (χ0n) is 12.7. The average molecular weight is 323 g/mol. The fourth-order valence-electron chi connectivity index (χ4n) is 2.22. The Bertz CT molecular complexity index is 780. The number of thiocarbonyl (C=S) groups is 1. The number of benzene rings is 1. The van der Waals surface area contributed by atoms with Crippen LogP contribution in [0.2, 0.25) is 0 Å². The van der Waals surface area contributed by atoms with Crippen molar-refractivity contribution in [3.8, 4) is 5.69 Å². The standard InChI is InChI=1S/C17H17N5S/c1-13-19-9-10-22(13)16-6-4-14(5-7-16)11-20-17(23)21-15-3-2-8-18-12-15/h2-10,12H,11H2,1H3,(H2,20,21,23). The predicted molar refractivity (Wildman–Crippen MR) is 95.6 cm³/mol. The van der Waals surface area contributed by atoms with Crippen molar-refractivity contribution < 1.29 is 0 Å². The van der Waals surface area contributed by atoms with E-state index in [-0.39, 0.29) is 0 Å².